The molecule has 104 valence electrons. The van der Waals surface area contributed by atoms with Gasteiger partial charge < -0.3 is 10.6 Å². The molecule has 4 nitrogen and oxygen atoms in total. The molecule has 1 aromatic carbocycles. The van der Waals surface area contributed by atoms with Crippen LogP contribution < -0.4 is 10.6 Å². The van der Waals surface area contributed by atoms with Crippen LogP contribution in [0.15, 0.2) is 24.3 Å². The smallest absolute Gasteiger partial charge is 0.238 e. The average Bonchev–Trinajstić information content (AvgIpc) is 2.30. The molecule has 1 aliphatic rings. The fraction of sp³-hybridized carbons (Fsp3) is 0.500. The lowest BCUT2D eigenvalue weighted by molar-refractivity contribution is -0.118. The Kier molecular flexibility index (Phi) is 4.87. The molecule has 2 N–H and O–H groups in total. The zero-order valence-corrected chi connectivity index (χ0v) is 11.2. The Morgan fingerprint density at radius 2 is 2.11 bits per heavy atom. The van der Waals surface area contributed by atoms with Crippen LogP contribution in [0, 0.1) is 5.82 Å². The van der Waals surface area contributed by atoms with Gasteiger partial charge in [0.15, 0.2) is 0 Å². The maximum Gasteiger partial charge on any atom is 0.238 e. The van der Waals surface area contributed by atoms with Crippen LogP contribution in [0.2, 0.25) is 0 Å². The number of benzene rings is 1. The molecule has 0 atom stereocenters. The maximum absolute atomic E-state index is 12.8. The number of nitrogens with one attached hydrogen (secondary N) is 2. The topological polar surface area (TPSA) is 44.4 Å². The molecule has 1 saturated heterocycles. The zero-order valence-electron chi connectivity index (χ0n) is 11.2. The fourth-order valence-corrected chi connectivity index (χ4v) is 2.13. The summed E-state index contributed by atoms with van der Waals surface area (Å²) in [6, 6.07) is 6.29. The highest BCUT2D eigenvalue weighted by molar-refractivity contribution is 5.92. The minimum Gasteiger partial charge on any atom is -0.325 e. The first-order valence-electron chi connectivity index (χ1n) is 6.69. The average molecular weight is 265 g/mol. The Morgan fingerprint density at radius 3 is 2.63 bits per heavy atom. The molecule has 0 spiro atoms. The van der Waals surface area contributed by atoms with Crippen molar-refractivity contribution in [3.63, 3.8) is 0 Å². The summed E-state index contributed by atoms with van der Waals surface area (Å²) in [5, 5.41) is 6.01. The van der Waals surface area contributed by atoms with Crippen LogP contribution in [0.3, 0.4) is 0 Å². The zero-order chi connectivity index (χ0) is 13.7. The van der Waals surface area contributed by atoms with E-state index in [0.717, 1.165) is 26.1 Å². The number of amides is 1. The normalized spacial score (nSPS) is 15.3. The van der Waals surface area contributed by atoms with Crippen LogP contribution >= 0.6 is 0 Å². The molecule has 0 aliphatic carbocycles. The first-order chi connectivity index (χ1) is 9.19. The van der Waals surface area contributed by atoms with Gasteiger partial charge in [-0.2, -0.15) is 0 Å². The van der Waals surface area contributed by atoms with E-state index in [1.807, 2.05) is 0 Å². The monoisotopic (exact) mass is 265 g/mol. The van der Waals surface area contributed by atoms with Crippen molar-refractivity contribution in [2.75, 3.05) is 31.5 Å². The number of carbonyl (C=O) groups is 1. The van der Waals surface area contributed by atoms with Gasteiger partial charge in [0.05, 0.1) is 6.54 Å². The number of halogens is 1. The van der Waals surface area contributed by atoms with Crippen LogP contribution in [-0.2, 0) is 4.79 Å². The van der Waals surface area contributed by atoms with E-state index in [1.165, 1.54) is 12.1 Å². The van der Waals surface area contributed by atoms with E-state index < -0.39 is 0 Å². The van der Waals surface area contributed by atoms with Gasteiger partial charge in [0.1, 0.15) is 5.82 Å². The minimum atomic E-state index is -0.300. The van der Waals surface area contributed by atoms with E-state index in [2.05, 4.69) is 22.5 Å². The van der Waals surface area contributed by atoms with Gasteiger partial charge in [-0.1, -0.05) is 6.92 Å². The second-order valence-electron chi connectivity index (χ2n) is 4.84. The third-order valence-electron chi connectivity index (χ3n) is 3.26. The minimum absolute atomic E-state index is 0.0491. The lowest BCUT2D eigenvalue weighted by Gasteiger charge is -2.37. The van der Waals surface area contributed by atoms with Crippen molar-refractivity contribution in [1.82, 2.24) is 10.2 Å². The summed E-state index contributed by atoms with van der Waals surface area (Å²) in [6.45, 7) is 5.31. The lowest BCUT2D eigenvalue weighted by Crippen LogP contribution is -2.58. The van der Waals surface area contributed by atoms with Crippen LogP contribution in [0.1, 0.15) is 13.3 Å². The summed E-state index contributed by atoms with van der Waals surface area (Å²) in [6.07, 6.45) is 1.03. The Bertz CT molecular complexity index is 417. The summed E-state index contributed by atoms with van der Waals surface area (Å²) in [7, 11) is 0. The number of hydrogen-bond donors (Lipinski definition) is 2. The van der Waals surface area contributed by atoms with E-state index in [0.29, 0.717) is 18.3 Å². The van der Waals surface area contributed by atoms with Crippen molar-refractivity contribution in [1.29, 1.82) is 0 Å². The molecule has 1 amide bonds. The van der Waals surface area contributed by atoms with Gasteiger partial charge in [0.2, 0.25) is 5.91 Å². The van der Waals surface area contributed by atoms with Gasteiger partial charge in [0.25, 0.3) is 0 Å². The number of hydrogen-bond acceptors (Lipinski definition) is 3. The Labute approximate surface area is 113 Å². The number of nitrogens with zero attached hydrogens (tertiary/aromatic N) is 1. The summed E-state index contributed by atoms with van der Waals surface area (Å²) >= 11 is 0. The van der Waals surface area contributed by atoms with E-state index >= 15 is 0 Å². The molecular formula is C14H20FN3O. The molecule has 0 radical (unpaired) electrons. The van der Waals surface area contributed by atoms with Crippen LogP contribution in [0.4, 0.5) is 10.1 Å². The Hall–Kier alpha value is -1.46. The molecule has 0 bridgehead atoms. The van der Waals surface area contributed by atoms with Crippen LogP contribution in [0.25, 0.3) is 0 Å². The van der Waals surface area contributed by atoms with Crippen molar-refractivity contribution in [3.05, 3.63) is 30.1 Å². The van der Waals surface area contributed by atoms with Crippen molar-refractivity contribution >= 4 is 11.6 Å². The van der Waals surface area contributed by atoms with Gasteiger partial charge in [-0.3, -0.25) is 9.69 Å². The van der Waals surface area contributed by atoms with E-state index in [1.54, 1.807) is 12.1 Å². The van der Waals surface area contributed by atoms with Gasteiger partial charge >= 0.3 is 0 Å². The molecule has 1 aliphatic heterocycles. The summed E-state index contributed by atoms with van der Waals surface area (Å²) < 4.78 is 12.8. The third-order valence-corrected chi connectivity index (χ3v) is 3.26. The van der Waals surface area contributed by atoms with Gasteiger partial charge in [0, 0.05) is 24.8 Å². The number of anilines is 1. The third kappa shape index (κ3) is 4.01. The summed E-state index contributed by atoms with van der Waals surface area (Å²) in [5.41, 5.74) is 0.634. The number of carbonyl (C=O) groups excluding carboxylic acids is 1. The number of rotatable bonds is 6. The van der Waals surface area contributed by atoms with Crippen molar-refractivity contribution in [3.8, 4) is 0 Å². The summed E-state index contributed by atoms with van der Waals surface area (Å²) in [5.74, 6) is -0.349. The molecule has 0 saturated carbocycles. The SMILES string of the molecule is CCCN(CC(=O)Nc1ccc(F)cc1)C1CNC1. The van der Waals surface area contributed by atoms with E-state index in [-0.39, 0.29) is 11.7 Å². The summed E-state index contributed by atoms with van der Waals surface area (Å²) in [4.78, 5) is 14.1. The molecule has 2 rings (SSSR count). The lowest BCUT2D eigenvalue weighted by atomic mass is 10.1. The molecule has 5 heteroatoms. The maximum atomic E-state index is 12.8. The van der Waals surface area contributed by atoms with Crippen LogP contribution in [0.5, 0.6) is 0 Å². The first-order valence-corrected chi connectivity index (χ1v) is 6.69. The molecule has 1 fully saturated rings. The predicted molar refractivity (Wildman–Crippen MR) is 73.6 cm³/mol. The molecular weight excluding hydrogens is 245 g/mol. The highest BCUT2D eigenvalue weighted by Crippen LogP contribution is 2.10. The van der Waals surface area contributed by atoms with E-state index in [4.69, 9.17) is 0 Å². The largest absolute Gasteiger partial charge is 0.325 e. The van der Waals surface area contributed by atoms with Crippen molar-refractivity contribution < 1.29 is 9.18 Å². The molecule has 0 unspecified atom stereocenters. The molecule has 0 aromatic heterocycles. The second kappa shape index (κ2) is 6.63. The molecule has 19 heavy (non-hydrogen) atoms. The Balaban J connectivity index is 1.86. The Morgan fingerprint density at radius 1 is 1.42 bits per heavy atom. The highest BCUT2D eigenvalue weighted by atomic mass is 19.1. The molecule has 1 heterocycles. The van der Waals surface area contributed by atoms with Crippen LogP contribution in [-0.4, -0.2) is 43.0 Å². The fourth-order valence-electron chi connectivity index (χ4n) is 2.13. The van der Waals surface area contributed by atoms with Crippen molar-refractivity contribution in [2.24, 2.45) is 0 Å². The van der Waals surface area contributed by atoms with Gasteiger partial charge in [-0.25, -0.2) is 4.39 Å². The van der Waals surface area contributed by atoms with Gasteiger partial charge in [-0.05, 0) is 37.2 Å². The molecule has 1 aromatic rings. The first kappa shape index (κ1) is 14.0. The van der Waals surface area contributed by atoms with Crippen molar-refractivity contribution in [2.45, 2.75) is 19.4 Å². The van der Waals surface area contributed by atoms with E-state index in [9.17, 15) is 9.18 Å². The quantitative estimate of drug-likeness (QED) is 0.818. The highest BCUT2D eigenvalue weighted by Gasteiger charge is 2.25. The standard InChI is InChI=1S/C14H20FN3O/c1-2-7-18(13-8-16-9-13)10-14(19)17-12-5-3-11(15)4-6-12/h3-6,13,16H,2,7-10H2,1H3,(H,17,19). The van der Waals surface area contributed by atoms with Gasteiger partial charge in [-0.15, -0.1) is 0 Å². The second-order valence-corrected chi connectivity index (χ2v) is 4.84. The predicted octanol–water partition coefficient (Wildman–Crippen LogP) is 1.45.